The Bertz CT molecular complexity index is 313. The Morgan fingerprint density at radius 1 is 1.20 bits per heavy atom. The van der Waals surface area contributed by atoms with Crippen LogP contribution < -0.4 is 5.73 Å². The molecule has 0 fully saturated rings. The van der Waals surface area contributed by atoms with E-state index in [0.29, 0.717) is 23.6 Å². The second kappa shape index (κ2) is 4.69. The molecule has 3 heteroatoms. The minimum absolute atomic E-state index is 0.438. The molecule has 0 radical (unpaired) electrons. The van der Waals surface area contributed by atoms with Crippen LogP contribution in [-0.2, 0) is 0 Å². The van der Waals surface area contributed by atoms with Gasteiger partial charge in [-0.05, 0) is 24.2 Å². The van der Waals surface area contributed by atoms with Gasteiger partial charge in [-0.3, -0.25) is 5.10 Å². The Morgan fingerprint density at radius 2 is 1.80 bits per heavy atom. The first kappa shape index (κ1) is 12.1. The number of anilines is 1. The van der Waals surface area contributed by atoms with Gasteiger partial charge in [0.05, 0.1) is 0 Å². The van der Waals surface area contributed by atoms with Gasteiger partial charge in [-0.1, -0.05) is 34.6 Å². The van der Waals surface area contributed by atoms with Gasteiger partial charge in [0.25, 0.3) is 0 Å². The SMILES string of the molecule is CC(C)CC(C)c1[nH]nc(N)c1C(C)C. The lowest BCUT2D eigenvalue weighted by atomic mass is 9.90. The van der Waals surface area contributed by atoms with Crippen molar-refractivity contribution in [3.8, 4) is 0 Å². The van der Waals surface area contributed by atoms with E-state index in [-0.39, 0.29) is 0 Å². The summed E-state index contributed by atoms with van der Waals surface area (Å²) >= 11 is 0. The second-order valence-corrected chi connectivity index (χ2v) is 5.12. The van der Waals surface area contributed by atoms with Crippen LogP contribution in [0, 0.1) is 5.92 Å². The molecule has 15 heavy (non-hydrogen) atoms. The van der Waals surface area contributed by atoms with Gasteiger partial charge in [-0.25, -0.2) is 0 Å². The Kier molecular flexibility index (Phi) is 3.77. The fourth-order valence-corrected chi connectivity index (χ4v) is 2.19. The maximum absolute atomic E-state index is 5.87. The van der Waals surface area contributed by atoms with Gasteiger partial charge in [-0.15, -0.1) is 0 Å². The molecule has 3 N–H and O–H groups in total. The molecule has 1 aromatic heterocycles. The average Bonchev–Trinajstić information content (AvgIpc) is 2.45. The zero-order valence-electron chi connectivity index (χ0n) is 10.5. The molecule has 0 aromatic carbocycles. The van der Waals surface area contributed by atoms with E-state index in [4.69, 9.17) is 5.73 Å². The fourth-order valence-electron chi connectivity index (χ4n) is 2.19. The van der Waals surface area contributed by atoms with E-state index >= 15 is 0 Å². The topological polar surface area (TPSA) is 54.7 Å². The number of hydrogen-bond donors (Lipinski definition) is 2. The molecule has 0 spiro atoms. The Hall–Kier alpha value is -0.990. The van der Waals surface area contributed by atoms with E-state index in [9.17, 15) is 0 Å². The van der Waals surface area contributed by atoms with Crippen molar-refractivity contribution in [3.05, 3.63) is 11.3 Å². The summed E-state index contributed by atoms with van der Waals surface area (Å²) in [7, 11) is 0. The van der Waals surface area contributed by atoms with Crippen molar-refractivity contribution in [2.45, 2.75) is 52.9 Å². The van der Waals surface area contributed by atoms with E-state index in [2.05, 4.69) is 44.8 Å². The van der Waals surface area contributed by atoms with E-state index in [1.54, 1.807) is 0 Å². The summed E-state index contributed by atoms with van der Waals surface area (Å²) in [4.78, 5) is 0. The molecule has 0 bridgehead atoms. The molecule has 0 aliphatic heterocycles. The normalized spacial score (nSPS) is 13.8. The zero-order chi connectivity index (χ0) is 11.6. The number of nitrogen functional groups attached to an aromatic ring is 1. The summed E-state index contributed by atoms with van der Waals surface area (Å²) in [6.07, 6.45) is 1.17. The van der Waals surface area contributed by atoms with Crippen molar-refractivity contribution in [1.82, 2.24) is 10.2 Å². The van der Waals surface area contributed by atoms with Gasteiger partial charge in [-0.2, -0.15) is 5.10 Å². The quantitative estimate of drug-likeness (QED) is 0.799. The minimum atomic E-state index is 0.438. The molecule has 3 nitrogen and oxygen atoms in total. The lowest BCUT2D eigenvalue weighted by Gasteiger charge is -2.15. The molecule has 1 heterocycles. The summed E-state index contributed by atoms with van der Waals surface area (Å²) in [5.74, 6) is 2.31. The number of aromatic amines is 1. The highest BCUT2D eigenvalue weighted by Gasteiger charge is 2.19. The molecule has 1 rings (SSSR count). The average molecular weight is 209 g/mol. The monoisotopic (exact) mass is 209 g/mol. The van der Waals surface area contributed by atoms with Gasteiger partial charge < -0.3 is 5.73 Å². The van der Waals surface area contributed by atoms with Crippen molar-refractivity contribution in [2.24, 2.45) is 5.92 Å². The van der Waals surface area contributed by atoms with Gasteiger partial charge in [0.15, 0.2) is 0 Å². The van der Waals surface area contributed by atoms with Crippen LogP contribution in [0.25, 0.3) is 0 Å². The third-order valence-corrected chi connectivity index (χ3v) is 2.76. The fraction of sp³-hybridized carbons (Fsp3) is 0.750. The number of nitrogens with one attached hydrogen (secondary N) is 1. The smallest absolute Gasteiger partial charge is 0.148 e. The maximum Gasteiger partial charge on any atom is 0.148 e. The number of hydrogen-bond acceptors (Lipinski definition) is 2. The van der Waals surface area contributed by atoms with Gasteiger partial charge in [0.1, 0.15) is 5.82 Å². The molecule has 0 aliphatic rings. The lowest BCUT2D eigenvalue weighted by Crippen LogP contribution is -2.04. The minimum Gasteiger partial charge on any atom is -0.382 e. The van der Waals surface area contributed by atoms with Gasteiger partial charge >= 0.3 is 0 Å². The van der Waals surface area contributed by atoms with Crippen LogP contribution in [0.4, 0.5) is 5.82 Å². The first-order valence-corrected chi connectivity index (χ1v) is 5.77. The second-order valence-electron chi connectivity index (χ2n) is 5.12. The summed E-state index contributed by atoms with van der Waals surface area (Å²) in [5, 5.41) is 7.20. The molecule has 0 aliphatic carbocycles. The van der Waals surface area contributed by atoms with E-state index in [1.807, 2.05) is 0 Å². The van der Waals surface area contributed by atoms with Crippen molar-refractivity contribution in [3.63, 3.8) is 0 Å². The molecule has 0 saturated heterocycles. The number of aromatic nitrogens is 2. The van der Waals surface area contributed by atoms with Crippen LogP contribution in [0.15, 0.2) is 0 Å². The maximum atomic E-state index is 5.87. The largest absolute Gasteiger partial charge is 0.382 e. The molecule has 1 aromatic rings. The first-order chi connectivity index (χ1) is 6.93. The Labute approximate surface area is 92.5 Å². The molecular formula is C12H23N3. The van der Waals surface area contributed by atoms with Crippen LogP contribution in [0.2, 0.25) is 0 Å². The van der Waals surface area contributed by atoms with Crippen molar-refractivity contribution >= 4 is 5.82 Å². The zero-order valence-corrected chi connectivity index (χ0v) is 10.5. The molecule has 1 atom stereocenters. The molecule has 1 unspecified atom stereocenters. The van der Waals surface area contributed by atoms with Gasteiger partial charge in [0, 0.05) is 11.3 Å². The van der Waals surface area contributed by atoms with Crippen LogP contribution in [0.1, 0.15) is 64.1 Å². The predicted octanol–water partition coefficient (Wildman–Crippen LogP) is 3.26. The highest BCUT2D eigenvalue weighted by atomic mass is 15.2. The Balaban J connectivity index is 2.93. The Morgan fingerprint density at radius 3 is 2.27 bits per heavy atom. The lowest BCUT2D eigenvalue weighted by molar-refractivity contribution is 0.512. The third kappa shape index (κ3) is 2.74. The van der Waals surface area contributed by atoms with Crippen LogP contribution in [0.5, 0.6) is 0 Å². The third-order valence-electron chi connectivity index (χ3n) is 2.76. The van der Waals surface area contributed by atoms with Crippen LogP contribution in [-0.4, -0.2) is 10.2 Å². The summed E-state index contributed by atoms with van der Waals surface area (Å²) in [6.45, 7) is 11.0. The van der Waals surface area contributed by atoms with Gasteiger partial charge in [0.2, 0.25) is 0 Å². The summed E-state index contributed by atoms with van der Waals surface area (Å²) in [6, 6.07) is 0. The van der Waals surface area contributed by atoms with Crippen LogP contribution in [0.3, 0.4) is 0 Å². The highest BCUT2D eigenvalue weighted by molar-refractivity contribution is 5.45. The van der Waals surface area contributed by atoms with E-state index < -0.39 is 0 Å². The summed E-state index contributed by atoms with van der Waals surface area (Å²) in [5.41, 5.74) is 8.28. The van der Waals surface area contributed by atoms with E-state index in [0.717, 1.165) is 0 Å². The standard InChI is InChI=1S/C12H23N3/c1-7(2)6-9(5)11-10(8(3)4)12(13)15-14-11/h7-9H,6H2,1-5H3,(H3,13,14,15). The van der Waals surface area contributed by atoms with E-state index in [1.165, 1.54) is 17.7 Å². The van der Waals surface area contributed by atoms with Crippen molar-refractivity contribution in [1.29, 1.82) is 0 Å². The van der Waals surface area contributed by atoms with Crippen LogP contribution >= 0.6 is 0 Å². The highest BCUT2D eigenvalue weighted by Crippen LogP contribution is 2.31. The van der Waals surface area contributed by atoms with Crippen molar-refractivity contribution in [2.75, 3.05) is 5.73 Å². The number of H-pyrrole nitrogens is 1. The molecule has 0 amide bonds. The summed E-state index contributed by atoms with van der Waals surface area (Å²) < 4.78 is 0. The first-order valence-electron chi connectivity index (χ1n) is 5.77. The molecule has 86 valence electrons. The number of nitrogens with zero attached hydrogens (tertiary/aromatic N) is 1. The molecular weight excluding hydrogens is 186 g/mol. The predicted molar refractivity (Wildman–Crippen MR) is 65.0 cm³/mol. The number of rotatable bonds is 4. The molecule has 0 saturated carbocycles. The number of nitrogens with two attached hydrogens (primary N) is 1. The van der Waals surface area contributed by atoms with Crippen molar-refractivity contribution < 1.29 is 0 Å².